The third-order valence-electron chi connectivity index (χ3n) is 6.04. The molecule has 0 saturated carbocycles. The fourth-order valence-corrected chi connectivity index (χ4v) is 5.05. The minimum absolute atomic E-state index is 0.368. The standard InChI is InChI=1S/C20H16BrCl2NO2.C11H7Cl3O.C9H10BrNO/c1-14(6-10-18-11-8-16(21)13-24-18)26-20(25)5-3-2-4-15-7-9-17(22)12-19(15)23;12-9-6-5-8(10(13)7-9)3-1-2-4-11(14)15;1-7(12)2-4-9-5-3-8(10)6-11-9/h2-14H,1H3;1-7H;2-7,12H,1H3/b4-2+,5-3+,10-6-;3-1+,4-2+;4-2-/t14-;;7-/m1.1/s1. The van der Waals surface area contributed by atoms with Crippen LogP contribution in [0.5, 0.6) is 0 Å². The Morgan fingerprint density at radius 1 is 0.679 bits per heavy atom. The smallest absolute Gasteiger partial charge is 0.331 e. The highest BCUT2D eigenvalue weighted by molar-refractivity contribution is 9.10. The van der Waals surface area contributed by atoms with Gasteiger partial charge in [0, 0.05) is 47.5 Å². The van der Waals surface area contributed by atoms with E-state index in [1.807, 2.05) is 24.3 Å². The molecular weight excluding hydrogens is 910 g/mol. The average molecular weight is 943 g/mol. The summed E-state index contributed by atoms with van der Waals surface area (Å²) in [5, 5.41) is 10.7. The Morgan fingerprint density at radius 2 is 1.15 bits per heavy atom. The number of hydrogen-bond donors (Lipinski definition) is 1. The molecule has 0 saturated heterocycles. The zero-order chi connectivity index (χ0) is 39.2. The number of rotatable bonds is 11. The number of aliphatic hydroxyl groups is 1. The van der Waals surface area contributed by atoms with Crippen LogP contribution >= 0.6 is 89.9 Å². The van der Waals surface area contributed by atoms with Crippen LogP contribution in [-0.2, 0) is 14.3 Å². The van der Waals surface area contributed by atoms with E-state index in [-0.39, 0.29) is 6.10 Å². The van der Waals surface area contributed by atoms with Crippen LogP contribution in [0.3, 0.4) is 0 Å². The van der Waals surface area contributed by atoms with Gasteiger partial charge in [-0.3, -0.25) is 14.8 Å². The molecule has 6 nitrogen and oxygen atoms in total. The first-order valence-electron chi connectivity index (χ1n) is 15.5. The monoisotopic (exact) mass is 938 g/mol. The van der Waals surface area contributed by atoms with Gasteiger partial charge in [-0.25, -0.2) is 4.79 Å². The van der Waals surface area contributed by atoms with Gasteiger partial charge >= 0.3 is 5.97 Å². The predicted octanol–water partition coefficient (Wildman–Crippen LogP) is 12.9. The molecule has 0 aliphatic carbocycles. The van der Waals surface area contributed by atoms with Crippen molar-refractivity contribution in [1.29, 1.82) is 0 Å². The third kappa shape index (κ3) is 21.2. The molecule has 2 heterocycles. The molecule has 2 aromatic carbocycles. The lowest BCUT2D eigenvalue weighted by atomic mass is 10.2. The SMILES string of the molecule is C[C@@H](O)/C=C\c1ccc(Br)cn1.C[C@H](/C=C\c1ccc(Br)cn1)OC(=O)/C=C/C=C/c1ccc(Cl)cc1Cl.O=C(Cl)/C=C/C=C/c1ccc(Cl)cc1Cl. The average Bonchev–Trinajstić information content (AvgIpc) is 3.10. The van der Waals surface area contributed by atoms with Crippen LogP contribution in [0.1, 0.15) is 36.4 Å². The molecule has 276 valence electrons. The zero-order valence-electron chi connectivity index (χ0n) is 28.2. The van der Waals surface area contributed by atoms with Crippen LogP contribution < -0.4 is 0 Å². The number of allylic oxidation sites excluding steroid dienone is 5. The van der Waals surface area contributed by atoms with Crippen LogP contribution in [0.4, 0.5) is 0 Å². The summed E-state index contributed by atoms with van der Waals surface area (Å²) < 4.78 is 7.13. The second-order valence-corrected chi connectivity index (χ2v) is 14.4. The molecule has 0 spiro atoms. The van der Waals surface area contributed by atoms with Crippen molar-refractivity contribution in [2.45, 2.75) is 26.1 Å². The largest absolute Gasteiger partial charge is 0.455 e. The van der Waals surface area contributed by atoms with Crippen molar-refractivity contribution in [1.82, 2.24) is 9.97 Å². The number of aliphatic hydroxyl groups excluding tert-OH is 1. The molecule has 0 bridgehead atoms. The highest BCUT2D eigenvalue weighted by Crippen LogP contribution is 2.23. The van der Waals surface area contributed by atoms with E-state index in [0.717, 1.165) is 31.5 Å². The predicted molar refractivity (Wildman–Crippen MR) is 229 cm³/mol. The van der Waals surface area contributed by atoms with Crippen LogP contribution in [0.25, 0.3) is 24.3 Å². The van der Waals surface area contributed by atoms with E-state index in [4.69, 9.17) is 67.8 Å². The Kier molecular flexibility index (Phi) is 22.2. The van der Waals surface area contributed by atoms with Gasteiger partial charge in [-0.1, -0.05) is 101 Å². The molecule has 13 heteroatoms. The van der Waals surface area contributed by atoms with Gasteiger partial charge in [0.25, 0.3) is 0 Å². The second-order valence-electron chi connectivity index (χ2n) is 10.5. The molecular formula is C40H33Br2Cl5N2O4. The summed E-state index contributed by atoms with van der Waals surface area (Å²) in [6, 6.07) is 17.9. The number of carbonyl (C=O) groups is 2. The van der Waals surface area contributed by atoms with Gasteiger partial charge in [0.15, 0.2) is 0 Å². The lowest BCUT2D eigenvalue weighted by Gasteiger charge is -2.06. The first kappa shape index (κ1) is 45.8. The van der Waals surface area contributed by atoms with Crippen molar-refractivity contribution < 1.29 is 19.4 Å². The van der Waals surface area contributed by atoms with Crippen molar-refractivity contribution in [2.75, 3.05) is 0 Å². The number of esters is 1. The molecule has 2 aromatic heterocycles. The normalized spacial score (nSPS) is 12.6. The van der Waals surface area contributed by atoms with Gasteiger partial charge in [-0.15, -0.1) is 0 Å². The lowest BCUT2D eigenvalue weighted by Crippen LogP contribution is -2.09. The van der Waals surface area contributed by atoms with E-state index in [9.17, 15) is 9.59 Å². The lowest BCUT2D eigenvalue weighted by molar-refractivity contribution is -0.140. The first-order chi connectivity index (χ1) is 25.2. The fourth-order valence-electron chi connectivity index (χ4n) is 3.56. The molecule has 0 fully saturated rings. The van der Waals surface area contributed by atoms with Crippen molar-refractivity contribution in [3.05, 3.63) is 173 Å². The van der Waals surface area contributed by atoms with E-state index in [2.05, 4.69) is 41.8 Å². The number of nitrogens with zero attached hydrogens (tertiary/aromatic N) is 2. The van der Waals surface area contributed by atoms with Gasteiger partial charge in [0.05, 0.1) is 17.5 Å². The Balaban J connectivity index is 0.000000304. The van der Waals surface area contributed by atoms with Crippen molar-refractivity contribution >= 4 is 125 Å². The van der Waals surface area contributed by atoms with Gasteiger partial charge in [-0.05, 0) is 141 Å². The Labute approximate surface area is 351 Å². The molecule has 2 atom stereocenters. The summed E-state index contributed by atoms with van der Waals surface area (Å²) in [5.41, 5.74) is 3.27. The minimum Gasteiger partial charge on any atom is -0.455 e. The topological polar surface area (TPSA) is 89.4 Å². The minimum atomic E-state index is -0.512. The number of aromatic nitrogens is 2. The maximum atomic E-state index is 11.8. The number of ether oxygens (including phenoxy) is 1. The van der Waals surface area contributed by atoms with Crippen molar-refractivity contribution in [3.63, 3.8) is 0 Å². The van der Waals surface area contributed by atoms with Crippen molar-refractivity contribution in [3.8, 4) is 0 Å². The molecule has 0 unspecified atom stereocenters. The number of halogens is 7. The van der Waals surface area contributed by atoms with E-state index < -0.39 is 17.3 Å². The molecule has 0 amide bonds. The third-order valence-corrected chi connectivity index (χ3v) is 8.23. The maximum Gasteiger partial charge on any atom is 0.331 e. The maximum absolute atomic E-state index is 11.8. The zero-order valence-corrected chi connectivity index (χ0v) is 35.2. The van der Waals surface area contributed by atoms with Gasteiger partial charge in [-0.2, -0.15) is 0 Å². The number of carbonyl (C=O) groups excluding carboxylic acids is 2. The second kappa shape index (κ2) is 25.7. The summed E-state index contributed by atoms with van der Waals surface area (Å²) in [5.74, 6) is -0.433. The highest BCUT2D eigenvalue weighted by atomic mass is 79.9. The van der Waals surface area contributed by atoms with Gasteiger partial charge in [0.2, 0.25) is 5.24 Å². The van der Waals surface area contributed by atoms with E-state index >= 15 is 0 Å². The fraction of sp³-hybridized carbons (Fsp3) is 0.100. The van der Waals surface area contributed by atoms with Gasteiger partial charge in [0.1, 0.15) is 6.10 Å². The molecule has 0 aliphatic rings. The number of pyridine rings is 2. The molecule has 0 radical (unpaired) electrons. The van der Waals surface area contributed by atoms with E-state index in [0.29, 0.717) is 20.1 Å². The molecule has 53 heavy (non-hydrogen) atoms. The molecule has 0 aliphatic heterocycles. The van der Waals surface area contributed by atoms with Crippen LogP contribution in [-0.4, -0.2) is 38.5 Å². The number of hydrogen-bond acceptors (Lipinski definition) is 6. The summed E-state index contributed by atoms with van der Waals surface area (Å²) in [6.07, 6.45) is 22.4. The number of benzene rings is 2. The molecule has 4 rings (SSSR count). The first-order valence-corrected chi connectivity index (χ1v) is 19.0. The van der Waals surface area contributed by atoms with E-state index in [1.165, 1.54) is 12.2 Å². The van der Waals surface area contributed by atoms with Crippen molar-refractivity contribution in [2.24, 2.45) is 0 Å². The summed E-state index contributed by atoms with van der Waals surface area (Å²) in [7, 11) is 0. The quantitative estimate of drug-likeness (QED) is 0.0697. The van der Waals surface area contributed by atoms with Crippen LogP contribution in [0.2, 0.25) is 20.1 Å². The summed E-state index contributed by atoms with van der Waals surface area (Å²) in [4.78, 5) is 30.5. The molecule has 1 N–H and O–H groups in total. The molecule has 4 aromatic rings. The summed E-state index contributed by atoms with van der Waals surface area (Å²) in [6.45, 7) is 3.49. The Morgan fingerprint density at radius 3 is 1.57 bits per heavy atom. The summed E-state index contributed by atoms with van der Waals surface area (Å²) >= 11 is 35.3. The van der Waals surface area contributed by atoms with Gasteiger partial charge < -0.3 is 9.84 Å². The highest BCUT2D eigenvalue weighted by Gasteiger charge is 2.03. The Hall–Kier alpha value is -3.31. The van der Waals surface area contributed by atoms with Crippen LogP contribution in [0.15, 0.2) is 131 Å². The van der Waals surface area contributed by atoms with E-state index in [1.54, 1.807) is 123 Å². The Bertz CT molecular complexity index is 1960. The van der Waals surface area contributed by atoms with Crippen LogP contribution in [0, 0.1) is 0 Å².